The van der Waals surface area contributed by atoms with Crippen LogP contribution in [0.5, 0.6) is 0 Å². The van der Waals surface area contributed by atoms with E-state index in [-0.39, 0.29) is 11.9 Å². The van der Waals surface area contributed by atoms with Gasteiger partial charge in [-0.1, -0.05) is 6.08 Å². The molecule has 2 aliphatic rings. The number of carbonyl (C=O) groups excluding carboxylic acids is 1. The highest BCUT2D eigenvalue weighted by Crippen LogP contribution is 2.38. The molecule has 0 spiro atoms. The Balaban J connectivity index is 2.26. The molecule has 0 aromatic carbocycles. The van der Waals surface area contributed by atoms with Gasteiger partial charge in [-0.15, -0.1) is 0 Å². The van der Waals surface area contributed by atoms with Crippen LogP contribution in [0.1, 0.15) is 46.0 Å². The van der Waals surface area contributed by atoms with E-state index in [4.69, 9.17) is 4.74 Å². The van der Waals surface area contributed by atoms with Gasteiger partial charge in [0.25, 0.3) is 0 Å². The monoisotopic (exact) mass is 194 g/mol. The van der Waals surface area contributed by atoms with Crippen molar-refractivity contribution in [2.45, 2.75) is 57.7 Å². The lowest BCUT2D eigenvalue weighted by Crippen LogP contribution is -2.45. The quantitative estimate of drug-likeness (QED) is 0.600. The maximum atomic E-state index is 11.6. The van der Waals surface area contributed by atoms with Gasteiger partial charge in [0.1, 0.15) is 5.60 Å². The SMILES string of the molecule is CC(=O)[C@]12CCC=C(C)[C@H](CCC1)O2. The van der Waals surface area contributed by atoms with E-state index in [9.17, 15) is 4.79 Å². The van der Waals surface area contributed by atoms with Gasteiger partial charge in [-0.05, 0) is 51.5 Å². The number of hydrogen-bond donors (Lipinski definition) is 0. The van der Waals surface area contributed by atoms with Crippen LogP contribution in [0.2, 0.25) is 0 Å². The second-order valence-corrected chi connectivity index (χ2v) is 4.54. The summed E-state index contributed by atoms with van der Waals surface area (Å²) < 4.78 is 5.99. The summed E-state index contributed by atoms with van der Waals surface area (Å²) in [5.74, 6) is 0.213. The van der Waals surface area contributed by atoms with Gasteiger partial charge in [-0.2, -0.15) is 0 Å². The van der Waals surface area contributed by atoms with Crippen LogP contribution in [0.15, 0.2) is 11.6 Å². The van der Waals surface area contributed by atoms with E-state index in [1.54, 1.807) is 6.92 Å². The first-order chi connectivity index (χ1) is 6.64. The molecule has 0 aromatic heterocycles. The van der Waals surface area contributed by atoms with Crippen LogP contribution in [0, 0.1) is 0 Å². The number of rotatable bonds is 1. The van der Waals surface area contributed by atoms with Crippen molar-refractivity contribution in [2.75, 3.05) is 0 Å². The number of fused-ring (bicyclic) bond motifs is 2. The van der Waals surface area contributed by atoms with Crippen LogP contribution in [-0.2, 0) is 9.53 Å². The normalized spacial score (nSPS) is 37.3. The van der Waals surface area contributed by atoms with Crippen LogP contribution < -0.4 is 0 Å². The topological polar surface area (TPSA) is 26.3 Å². The standard InChI is InChI=1S/C12H18O2/c1-9-5-3-7-12(10(2)13)8-4-6-11(9)14-12/h5,11H,3-4,6-8H2,1-2H3/t11-,12-/m0/s1. The van der Waals surface area contributed by atoms with Gasteiger partial charge in [-0.3, -0.25) is 4.79 Å². The fourth-order valence-electron chi connectivity index (χ4n) is 2.57. The van der Waals surface area contributed by atoms with Crippen molar-refractivity contribution >= 4 is 5.78 Å². The minimum Gasteiger partial charge on any atom is -0.360 e. The predicted octanol–water partition coefficient (Wildman–Crippen LogP) is 2.62. The minimum absolute atomic E-state index is 0.204. The second-order valence-electron chi connectivity index (χ2n) is 4.54. The summed E-state index contributed by atoms with van der Waals surface area (Å²) in [5.41, 5.74) is 0.866. The van der Waals surface area contributed by atoms with Crippen molar-refractivity contribution in [3.63, 3.8) is 0 Å². The smallest absolute Gasteiger partial charge is 0.161 e. The van der Waals surface area contributed by atoms with Crippen molar-refractivity contribution in [1.82, 2.24) is 0 Å². The summed E-state index contributed by atoms with van der Waals surface area (Å²) in [6.07, 6.45) is 7.42. The molecule has 0 aliphatic carbocycles. The van der Waals surface area contributed by atoms with Crippen molar-refractivity contribution in [2.24, 2.45) is 0 Å². The van der Waals surface area contributed by atoms with Crippen LogP contribution in [0.4, 0.5) is 0 Å². The van der Waals surface area contributed by atoms with E-state index in [1.807, 2.05) is 0 Å². The molecule has 0 saturated carbocycles. The van der Waals surface area contributed by atoms with Crippen LogP contribution in [0.3, 0.4) is 0 Å². The van der Waals surface area contributed by atoms with E-state index >= 15 is 0 Å². The Morgan fingerprint density at radius 1 is 1.57 bits per heavy atom. The average molecular weight is 194 g/mol. The summed E-state index contributed by atoms with van der Waals surface area (Å²) in [6.45, 7) is 3.79. The van der Waals surface area contributed by atoms with Gasteiger partial charge in [0.15, 0.2) is 5.78 Å². The Morgan fingerprint density at radius 3 is 3.07 bits per heavy atom. The lowest BCUT2D eigenvalue weighted by atomic mass is 9.85. The highest BCUT2D eigenvalue weighted by molar-refractivity contribution is 5.85. The number of carbonyl (C=O) groups is 1. The number of allylic oxidation sites excluding steroid dienone is 1. The highest BCUT2D eigenvalue weighted by Gasteiger charge is 2.42. The number of Topliss-reactive ketones (excluding diaryl/α,β-unsaturated/α-hetero) is 1. The molecule has 2 heteroatoms. The largest absolute Gasteiger partial charge is 0.360 e. The van der Waals surface area contributed by atoms with Crippen molar-refractivity contribution in [1.29, 1.82) is 0 Å². The number of ether oxygens (including phenoxy) is 1. The Kier molecular flexibility index (Phi) is 2.48. The van der Waals surface area contributed by atoms with Gasteiger partial charge in [0.05, 0.1) is 6.10 Å². The summed E-state index contributed by atoms with van der Waals surface area (Å²) in [4.78, 5) is 11.6. The molecule has 2 bridgehead atoms. The third-order valence-electron chi connectivity index (χ3n) is 3.58. The number of ketones is 1. The molecule has 2 aliphatic heterocycles. The molecule has 2 nitrogen and oxygen atoms in total. The van der Waals surface area contributed by atoms with Crippen LogP contribution >= 0.6 is 0 Å². The fourth-order valence-corrected chi connectivity index (χ4v) is 2.57. The molecule has 2 atom stereocenters. The zero-order valence-electron chi connectivity index (χ0n) is 9.01. The van der Waals surface area contributed by atoms with E-state index in [1.165, 1.54) is 5.57 Å². The Labute approximate surface area is 85.3 Å². The zero-order valence-corrected chi connectivity index (χ0v) is 9.01. The maximum Gasteiger partial charge on any atom is 0.161 e. The summed E-state index contributed by atoms with van der Waals surface area (Å²) >= 11 is 0. The molecule has 78 valence electrons. The minimum atomic E-state index is -0.447. The lowest BCUT2D eigenvalue weighted by Gasteiger charge is -2.38. The van der Waals surface area contributed by atoms with Gasteiger partial charge < -0.3 is 4.74 Å². The average Bonchev–Trinajstić information content (AvgIpc) is 2.27. The molecular formula is C12H18O2. The van der Waals surface area contributed by atoms with E-state index in [2.05, 4.69) is 13.0 Å². The lowest BCUT2D eigenvalue weighted by molar-refractivity contribution is -0.158. The highest BCUT2D eigenvalue weighted by atomic mass is 16.5. The van der Waals surface area contributed by atoms with Crippen molar-refractivity contribution < 1.29 is 9.53 Å². The third kappa shape index (κ3) is 1.52. The van der Waals surface area contributed by atoms with Gasteiger partial charge in [-0.25, -0.2) is 0 Å². The molecule has 0 unspecified atom stereocenters. The Morgan fingerprint density at radius 2 is 2.36 bits per heavy atom. The van der Waals surface area contributed by atoms with Crippen molar-refractivity contribution in [3.8, 4) is 0 Å². The van der Waals surface area contributed by atoms with E-state index in [0.29, 0.717) is 0 Å². The molecule has 14 heavy (non-hydrogen) atoms. The molecular weight excluding hydrogens is 176 g/mol. The number of hydrogen-bond acceptors (Lipinski definition) is 2. The molecule has 0 amide bonds. The first-order valence-corrected chi connectivity index (χ1v) is 5.49. The zero-order chi connectivity index (χ0) is 10.2. The van der Waals surface area contributed by atoms with Gasteiger partial charge in [0.2, 0.25) is 0 Å². The third-order valence-corrected chi connectivity index (χ3v) is 3.58. The van der Waals surface area contributed by atoms with Gasteiger partial charge in [0, 0.05) is 0 Å². The molecule has 0 aromatic rings. The molecule has 0 radical (unpaired) electrons. The molecule has 0 N–H and O–H groups in total. The molecule has 1 saturated heterocycles. The first-order valence-electron chi connectivity index (χ1n) is 5.49. The van der Waals surface area contributed by atoms with Gasteiger partial charge >= 0.3 is 0 Å². The molecule has 2 rings (SSSR count). The van der Waals surface area contributed by atoms with E-state index in [0.717, 1.165) is 32.1 Å². The van der Waals surface area contributed by atoms with Crippen molar-refractivity contribution in [3.05, 3.63) is 11.6 Å². The summed E-state index contributed by atoms with van der Waals surface area (Å²) in [7, 11) is 0. The summed E-state index contributed by atoms with van der Waals surface area (Å²) in [6, 6.07) is 0. The predicted molar refractivity (Wildman–Crippen MR) is 55.1 cm³/mol. The second kappa shape index (κ2) is 3.50. The molecule has 2 heterocycles. The Bertz CT molecular complexity index is 280. The first kappa shape index (κ1) is 9.91. The van der Waals surface area contributed by atoms with Crippen LogP contribution in [0.25, 0.3) is 0 Å². The van der Waals surface area contributed by atoms with E-state index < -0.39 is 5.60 Å². The Hall–Kier alpha value is -0.630. The molecule has 1 fully saturated rings. The maximum absolute atomic E-state index is 11.6. The van der Waals surface area contributed by atoms with Crippen LogP contribution in [-0.4, -0.2) is 17.5 Å². The summed E-state index contributed by atoms with van der Waals surface area (Å²) in [5, 5.41) is 0. The fraction of sp³-hybridized carbons (Fsp3) is 0.750.